The minimum absolute atomic E-state index is 0.194. The van der Waals surface area contributed by atoms with Gasteiger partial charge in [-0.15, -0.1) is 10.2 Å². The van der Waals surface area contributed by atoms with Crippen LogP contribution in [0.1, 0.15) is 31.1 Å². The Morgan fingerprint density at radius 3 is 2.78 bits per heavy atom. The molecule has 0 spiro atoms. The fourth-order valence-electron chi connectivity index (χ4n) is 2.78. The van der Waals surface area contributed by atoms with Crippen molar-refractivity contribution in [1.29, 1.82) is 0 Å². The summed E-state index contributed by atoms with van der Waals surface area (Å²) in [7, 11) is 1.39. The molecule has 1 aromatic heterocycles. The molecule has 0 radical (unpaired) electrons. The maximum absolute atomic E-state index is 12.9. The van der Waals surface area contributed by atoms with Gasteiger partial charge in [-0.3, -0.25) is 4.79 Å². The Hall–Kier alpha value is -2.44. The molecule has 1 aliphatic rings. The highest BCUT2D eigenvalue weighted by Crippen LogP contribution is 2.26. The van der Waals surface area contributed by atoms with Crippen molar-refractivity contribution in [3.05, 3.63) is 41.7 Å². The van der Waals surface area contributed by atoms with Crippen molar-refractivity contribution in [2.24, 2.45) is 5.92 Å². The zero-order valence-electron chi connectivity index (χ0n) is 13.0. The van der Waals surface area contributed by atoms with E-state index in [9.17, 15) is 9.18 Å². The van der Waals surface area contributed by atoms with E-state index in [1.54, 1.807) is 12.1 Å². The van der Waals surface area contributed by atoms with Gasteiger partial charge >= 0.3 is 5.97 Å². The summed E-state index contributed by atoms with van der Waals surface area (Å²) in [5.41, 5.74) is 0. The first-order chi connectivity index (χ1) is 11.1. The average Bonchev–Trinajstić information content (AvgIpc) is 2.99. The third kappa shape index (κ3) is 3.18. The van der Waals surface area contributed by atoms with E-state index in [1.807, 2.05) is 11.5 Å². The van der Waals surface area contributed by atoms with Gasteiger partial charge in [0.25, 0.3) is 0 Å². The van der Waals surface area contributed by atoms with E-state index in [2.05, 4.69) is 10.2 Å². The van der Waals surface area contributed by atoms with E-state index >= 15 is 0 Å². The lowest BCUT2D eigenvalue weighted by atomic mass is 9.99. The average molecular weight is 319 g/mol. The Kier molecular flexibility index (Phi) is 4.27. The summed E-state index contributed by atoms with van der Waals surface area (Å²) in [5, 5.41) is 8.37. The van der Waals surface area contributed by atoms with Crippen LogP contribution in [0.5, 0.6) is 5.75 Å². The van der Waals surface area contributed by atoms with E-state index in [0.717, 1.165) is 5.82 Å². The van der Waals surface area contributed by atoms with E-state index < -0.39 is 0 Å². The number of methoxy groups -OCH3 is 1. The van der Waals surface area contributed by atoms with E-state index in [1.165, 1.54) is 19.2 Å². The molecule has 23 heavy (non-hydrogen) atoms. The molecule has 6 nitrogen and oxygen atoms in total. The zero-order valence-corrected chi connectivity index (χ0v) is 13.0. The Morgan fingerprint density at radius 2 is 2.09 bits per heavy atom. The van der Waals surface area contributed by atoms with Gasteiger partial charge in [0, 0.05) is 13.0 Å². The minimum atomic E-state index is -0.363. The lowest BCUT2D eigenvalue weighted by Crippen LogP contribution is -2.29. The van der Waals surface area contributed by atoms with Gasteiger partial charge in [-0.1, -0.05) is 0 Å². The summed E-state index contributed by atoms with van der Waals surface area (Å²) in [5.74, 6) is 1.32. The van der Waals surface area contributed by atoms with Crippen LogP contribution < -0.4 is 4.74 Å². The van der Waals surface area contributed by atoms with Crippen molar-refractivity contribution in [2.75, 3.05) is 7.11 Å². The number of benzene rings is 1. The van der Waals surface area contributed by atoms with Gasteiger partial charge in [0.2, 0.25) is 0 Å². The van der Waals surface area contributed by atoms with Crippen LogP contribution in [0.4, 0.5) is 4.39 Å². The van der Waals surface area contributed by atoms with Crippen molar-refractivity contribution in [3.63, 3.8) is 0 Å². The number of aryl methyl sites for hydroxylation is 1. The van der Waals surface area contributed by atoms with Crippen molar-refractivity contribution >= 4 is 5.97 Å². The molecule has 7 heteroatoms. The first kappa shape index (κ1) is 15.5. The molecule has 3 rings (SSSR count). The number of esters is 1. The highest BCUT2D eigenvalue weighted by atomic mass is 19.1. The highest BCUT2D eigenvalue weighted by Gasteiger charge is 2.30. The molecule has 2 aromatic rings. The second-order valence-electron chi connectivity index (χ2n) is 5.56. The molecule has 0 saturated heterocycles. The summed E-state index contributed by atoms with van der Waals surface area (Å²) < 4.78 is 25.5. The number of carbonyl (C=O) groups is 1. The number of ether oxygens (including phenoxy) is 2. The summed E-state index contributed by atoms with van der Waals surface area (Å²) in [6.07, 6.45) is 1.02. The monoisotopic (exact) mass is 319 g/mol. The second kappa shape index (κ2) is 6.36. The van der Waals surface area contributed by atoms with Gasteiger partial charge in [0.15, 0.2) is 11.9 Å². The predicted octanol–water partition coefficient (Wildman–Crippen LogP) is 2.29. The van der Waals surface area contributed by atoms with Gasteiger partial charge in [0.05, 0.1) is 13.0 Å². The smallest absolute Gasteiger partial charge is 0.310 e. The van der Waals surface area contributed by atoms with Crippen LogP contribution in [0.3, 0.4) is 0 Å². The Morgan fingerprint density at radius 1 is 1.35 bits per heavy atom. The molecule has 122 valence electrons. The number of halogens is 1. The number of aromatic nitrogens is 3. The summed E-state index contributed by atoms with van der Waals surface area (Å²) >= 11 is 0. The van der Waals surface area contributed by atoms with Crippen molar-refractivity contribution in [2.45, 2.75) is 32.4 Å². The lowest BCUT2D eigenvalue weighted by Gasteiger charge is -2.24. The van der Waals surface area contributed by atoms with Crippen LogP contribution >= 0.6 is 0 Å². The molecule has 0 saturated carbocycles. The zero-order chi connectivity index (χ0) is 16.4. The van der Waals surface area contributed by atoms with Crippen LogP contribution in [0.2, 0.25) is 0 Å². The molecule has 2 atom stereocenters. The largest absolute Gasteiger partial charge is 0.483 e. The lowest BCUT2D eigenvalue weighted by molar-refractivity contribution is -0.146. The van der Waals surface area contributed by atoms with E-state index in [0.29, 0.717) is 31.0 Å². The Balaban J connectivity index is 1.77. The number of rotatable bonds is 4. The molecular formula is C16H18FN3O3. The summed E-state index contributed by atoms with van der Waals surface area (Å²) in [4.78, 5) is 11.8. The normalized spacial score (nSPS) is 18.1. The van der Waals surface area contributed by atoms with Gasteiger partial charge in [0.1, 0.15) is 17.4 Å². The van der Waals surface area contributed by atoms with Crippen LogP contribution in [-0.4, -0.2) is 27.8 Å². The molecule has 2 unspecified atom stereocenters. The fraction of sp³-hybridized carbons (Fsp3) is 0.438. The molecule has 2 heterocycles. The summed E-state index contributed by atoms with van der Waals surface area (Å²) in [6, 6.07) is 5.82. The quantitative estimate of drug-likeness (QED) is 0.809. The maximum Gasteiger partial charge on any atom is 0.310 e. The van der Waals surface area contributed by atoms with E-state index in [-0.39, 0.29) is 23.8 Å². The van der Waals surface area contributed by atoms with E-state index in [4.69, 9.17) is 9.47 Å². The highest BCUT2D eigenvalue weighted by molar-refractivity contribution is 5.72. The second-order valence-corrected chi connectivity index (χ2v) is 5.56. The summed E-state index contributed by atoms with van der Waals surface area (Å²) in [6.45, 7) is 2.34. The Bertz CT molecular complexity index is 699. The number of fused-ring (bicyclic) bond motifs is 1. The number of hydrogen-bond acceptors (Lipinski definition) is 5. The standard InChI is InChI=1S/C16H18FN3O3/c1-10(23-13-6-4-12(17)5-7-13)15-19-18-14-8-3-11(9-20(14)15)16(21)22-2/h4-7,10-11H,3,8-9H2,1-2H3. The minimum Gasteiger partial charge on any atom is -0.483 e. The maximum atomic E-state index is 12.9. The first-order valence-electron chi connectivity index (χ1n) is 7.50. The third-order valence-electron chi connectivity index (χ3n) is 4.00. The third-order valence-corrected chi connectivity index (χ3v) is 4.00. The number of carbonyl (C=O) groups excluding carboxylic acids is 1. The van der Waals surface area contributed by atoms with Gasteiger partial charge < -0.3 is 14.0 Å². The van der Waals surface area contributed by atoms with Crippen molar-refractivity contribution < 1.29 is 18.7 Å². The van der Waals surface area contributed by atoms with Crippen molar-refractivity contribution in [3.8, 4) is 5.75 Å². The van der Waals surface area contributed by atoms with Crippen molar-refractivity contribution in [1.82, 2.24) is 14.8 Å². The molecule has 0 fully saturated rings. The van der Waals surface area contributed by atoms with Gasteiger partial charge in [-0.25, -0.2) is 4.39 Å². The van der Waals surface area contributed by atoms with Crippen LogP contribution in [0.25, 0.3) is 0 Å². The SMILES string of the molecule is COC(=O)C1CCc2nnc(C(C)Oc3ccc(F)cc3)n2C1. The molecule has 0 N–H and O–H groups in total. The van der Waals surface area contributed by atoms with Crippen LogP contribution in [-0.2, 0) is 22.5 Å². The van der Waals surface area contributed by atoms with Gasteiger partial charge in [-0.2, -0.15) is 0 Å². The molecule has 0 aliphatic carbocycles. The Labute approximate surface area is 133 Å². The molecule has 0 amide bonds. The first-order valence-corrected chi connectivity index (χ1v) is 7.50. The number of hydrogen-bond donors (Lipinski definition) is 0. The predicted molar refractivity (Wildman–Crippen MR) is 79.3 cm³/mol. The molecule has 0 bridgehead atoms. The van der Waals surface area contributed by atoms with Gasteiger partial charge in [-0.05, 0) is 37.6 Å². The fourth-order valence-corrected chi connectivity index (χ4v) is 2.78. The number of nitrogens with zero attached hydrogens (tertiary/aromatic N) is 3. The van der Waals surface area contributed by atoms with Crippen LogP contribution in [0, 0.1) is 11.7 Å². The molecular weight excluding hydrogens is 301 g/mol. The van der Waals surface area contributed by atoms with Crippen LogP contribution in [0.15, 0.2) is 24.3 Å². The topological polar surface area (TPSA) is 66.2 Å². The molecule has 1 aromatic carbocycles. The molecule has 1 aliphatic heterocycles.